The molecule has 1 aliphatic carbocycles. The third-order valence-corrected chi connectivity index (χ3v) is 3.95. The minimum absolute atomic E-state index is 0.0426. The van der Waals surface area contributed by atoms with Crippen LogP contribution in [0.4, 0.5) is 26.3 Å². The molecule has 0 bridgehead atoms. The highest BCUT2D eigenvalue weighted by Crippen LogP contribution is 2.56. The molecule has 1 N–H and O–H groups in total. The largest absolute Gasteiger partial charge is 0.456 e. The number of halogens is 6. The van der Waals surface area contributed by atoms with Gasteiger partial charge in [0.25, 0.3) is 5.60 Å². The summed E-state index contributed by atoms with van der Waals surface area (Å²) in [7, 11) is 0. The summed E-state index contributed by atoms with van der Waals surface area (Å²) in [4.78, 5) is 11.5. The molecule has 0 spiro atoms. The van der Waals surface area contributed by atoms with E-state index in [1.165, 1.54) is 6.92 Å². The fraction of sp³-hybridized carbons (Fsp3) is 0.769. The molecule has 1 saturated carbocycles. The number of carbonyl (C=O) groups is 1. The third-order valence-electron chi connectivity index (χ3n) is 3.95. The molecule has 0 aromatic rings. The van der Waals surface area contributed by atoms with Crippen LogP contribution in [0.3, 0.4) is 0 Å². The number of hydrogen-bond donors (Lipinski definition) is 1. The lowest BCUT2D eigenvalue weighted by atomic mass is 9.76. The minimum atomic E-state index is -5.95. The van der Waals surface area contributed by atoms with E-state index in [0.717, 1.165) is 6.92 Å². The molecule has 1 aliphatic rings. The summed E-state index contributed by atoms with van der Waals surface area (Å²) in [5.74, 6) is -3.44. The van der Waals surface area contributed by atoms with Crippen LogP contribution in [-0.4, -0.2) is 34.6 Å². The van der Waals surface area contributed by atoms with Gasteiger partial charge in [-0.2, -0.15) is 26.3 Å². The molecule has 1 fully saturated rings. The van der Waals surface area contributed by atoms with Gasteiger partial charge in [-0.05, 0) is 33.1 Å². The molecule has 0 aromatic carbocycles. The van der Waals surface area contributed by atoms with E-state index in [0.29, 0.717) is 0 Å². The molecule has 2 unspecified atom stereocenters. The molecule has 1 rings (SSSR count). The van der Waals surface area contributed by atoms with Gasteiger partial charge in [0.05, 0.1) is 0 Å². The monoisotopic (exact) mass is 334 g/mol. The summed E-state index contributed by atoms with van der Waals surface area (Å²) in [5, 5.41) is 9.51. The van der Waals surface area contributed by atoms with Crippen molar-refractivity contribution in [3.63, 3.8) is 0 Å². The van der Waals surface area contributed by atoms with Crippen LogP contribution >= 0.6 is 0 Å². The Morgan fingerprint density at radius 3 is 2.05 bits per heavy atom. The van der Waals surface area contributed by atoms with Crippen molar-refractivity contribution in [2.24, 2.45) is 5.92 Å². The van der Waals surface area contributed by atoms with Crippen LogP contribution in [0.2, 0.25) is 0 Å². The van der Waals surface area contributed by atoms with Gasteiger partial charge in [0.1, 0.15) is 5.60 Å². The molecule has 0 amide bonds. The van der Waals surface area contributed by atoms with Crippen LogP contribution in [0, 0.1) is 5.92 Å². The summed E-state index contributed by atoms with van der Waals surface area (Å²) in [5.41, 5.74) is -7.19. The smallest absolute Gasteiger partial charge is 0.426 e. The molecule has 128 valence electrons. The summed E-state index contributed by atoms with van der Waals surface area (Å²) >= 11 is 0. The minimum Gasteiger partial charge on any atom is -0.456 e. The molecular formula is C13H16F6O3. The first-order valence-electron chi connectivity index (χ1n) is 6.41. The maximum atomic E-state index is 13.0. The van der Waals surface area contributed by atoms with Crippen molar-refractivity contribution in [1.29, 1.82) is 0 Å². The van der Waals surface area contributed by atoms with Crippen molar-refractivity contribution in [3.8, 4) is 0 Å². The maximum absolute atomic E-state index is 13.0. The summed E-state index contributed by atoms with van der Waals surface area (Å²) in [6, 6.07) is 0. The predicted octanol–water partition coefficient (Wildman–Crippen LogP) is 3.52. The van der Waals surface area contributed by atoms with Crippen LogP contribution < -0.4 is 0 Å². The van der Waals surface area contributed by atoms with Gasteiger partial charge in [0, 0.05) is 11.5 Å². The van der Waals surface area contributed by atoms with Gasteiger partial charge in [0.15, 0.2) is 0 Å². The second-order valence-electron chi connectivity index (χ2n) is 5.69. The molecule has 0 aliphatic heterocycles. The average molecular weight is 334 g/mol. The van der Waals surface area contributed by atoms with Gasteiger partial charge >= 0.3 is 18.3 Å². The normalized spacial score (nSPS) is 26.9. The quantitative estimate of drug-likeness (QED) is 0.488. The Morgan fingerprint density at radius 2 is 1.68 bits per heavy atom. The molecule has 0 heterocycles. The van der Waals surface area contributed by atoms with E-state index in [1.807, 2.05) is 0 Å². The van der Waals surface area contributed by atoms with Gasteiger partial charge in [-0.1, -0.05) is 6.58 Å². The van der Waals surface area contributed by atoms with Crippen molar-refractivity contribution >= 4 is 5.97 Å². The Morgan fingerprint density at radius 1 is 1.23 bits per heavy atom. The number of alkyl halides is 6. The lowest BCUT2D eigenvalue weighted by Gasteiger charge is -2.43. The van der Waals surface area contributed by atoms with Gasteiger partial charge in [0.2, 0.25) is 0 Å². The molecule has 0 radical (unpaired) electrons. The number of rotatable bonds is 3. The van der Waals surface area contributed by atoms with Crippen molar-refractivity contribution in [3.05, 3.63) is 12.2 Å². The Kier molecular flexibility index (Phi) is 4.64. The molecule has 2 atom stereocenters. The SMILES string of the molecule is C=C(C)C(=O)OC1(C)CCCC1C(O)(C(F)(F)F)C(F)(F)F. The van der Waals surface area contributed by atoms with E-state index in [4.69, 9.17) is 4.74 Å². The van der Waals surface area contributed by atoms with Crippen molar-refractivity contribution < 1.29 is 41.0 Å². The highest BCUT2D eigenvalue weighted by Gasteiger charge is 2.77. The van der Waals surface area contributed by atoms with Gasteiger partial charge in [-0.15, -0.1) is 0 Å². The first-order valence-corrected chi connectivity index (χ1v) is 6.41. The molecule has 22 heavy (non-hydrogen) atoms. The molecular weight excluding hydrogens is 318 g/mol. The lowest BCUT2D eigenvalue weighted by molar-refractivity contribution is -0.394. The number of hydrogen-bond acceptors (Lipinski definition) is 3. The van der Waals surface area contributed by atoms with E-state index >= 15 is 0 Å². The lowest BCUT2D eigenvalue weighted by Crippen LogP contribution is -2.65. The van der Waals surface area contributed by atoms with Crippen molar-refractivity contribution in [2.75, 3.05) is 0 Å². The number of ether oxygens (including phenoxy) is 1. The van der Waals surface area contributed by atoms with Crippen LogP contribution in [0.5, 0.6) is 0 Å². The van der Waals surface area contributed by atoms with E-state index in [1.54, 1.807) is 0 Å². The zero-order valence-corrected chi connectivity index (χ0v) is 11.9. The zero-order valence-electron chi connectivity index (χ0n) is 11.9. The highest BCUT2D eigenvalue weighted by atomic mass is 19.4. The van der Waals surface area contributed by atoms with E-state index < -0.39 is 41.9 Å². The number of esters is 1. The van der Waals surface area contributed by atoms with E-state index in [2.05, 4.69) is 6.58 Å². The van der Waals surface area contributed by atoms with Crippen LogP contribution in [0.15, 0.2) is 12.2 Å². The van der Waals surface area contributed by atoms with Crippen molar-refractivity contribution in [1.82, 2.24) is 0 Å². The Bertz CT molecular complexity index is 453. The first-order chi connectivity index (χ1) is 9.67. The van der Waals surface area contributed by atoms with Crippen LogP contribution in [-0.2, 0) is 9.53 Å². The van der Waals surface area contributed by atoms with Gasteiger partial charge < -0.3 is 9.84 Å². The Balaban J connectivity index is 3.31. The number of aliphatic hydroxyl groups is 1. The van der Waals surface area contributed by atoms with Crippen LogP contribution in [0.25, 0.3) is 0 Å². The topological polar surface area (TPSA) is 46.5 Å². The highest BCUT2D eigenvalue weighted by molar-refractivity contribution is 5.87. The zero-order chi connectivity index (χ0) is 17.6. The van der Waals surface area contributed by atoms with Gasteiger partial charge in [-0.25, -0.2) is 4.79 Å². The molecule has 0 aromatic heterocycles. The summed E-state index contributed by atoms with van der Waals surface area (Å²) in [6.45, 7) is 5.42. The van der Waals surface area contributed by atoms with Crippen molar-refractivity contribution in [2.45, 2.75) is 56.7 Å². The Hall–Kier alpha value is -1.25. The molecule has 9 heteroatoms. The van der Waals surface area contributed by atoms with Gasteiger partial charge in [-0.3, -0.25) is 0 Å². The first kappa shape index (κ1) is 18.8. The summed E-state index contributed by atoms with van der Waals surface area (Å²) in [6.07, 6.45) is -12.7. The fourth-order valence-electron chi connectivity index (χ4n) is 2.76. The standard InChI is InChI=1S/C13H16F6O3/c1-7(2)9(20)22-10(3)6-4-5-8(10)11(21,12(14,15)16)13(17,18)19/h8,21H,1,4-6H2,2-3H3. The Labute approximate surface area is 122 Å². The fourth-order valence-corrected chi connectivity index (χ4v) is 2.76. The number of carbonyl (C=O) groups excluding carboxylic acids is 1. The maximum Gasteiger partial charge on any atom is 0.426 e. The average Bonchev–Trinajstić information content (AvgIpc) is 2.66. The van der Waals surface area contributed by atoms with E-state index in [9.17, 15) is 36.2 Å². The second kappa shape index (κ2) is 5.43. The third kappa shape index (κ3) is 2.95. The molecule has 3 nitrogen and oxygen atoms in total. The predicted molar refractivity (Wildman–Crippen MR) is 63.7 cm³/mol. The van der Waals surface area contributed by atoms with E-state index in [-0.39, 0.29) is 18.4 Å². The second-order valence-corrected chi connectivity index (χ2v) is 5.69. The molecule has 0 saturated heterocycles. The van der Waals surface area contributed by atoms with Crippen LogP contribution in [0.1, 0.15) is 33.1 Å². The summed E-state index contributed by atoms with van der Waals surface area (Å²) < 4.78 is 82.6.